The second kappa shape index (κ2) is 2.20. The van der Waals surface area contributed by atoms with Gasteiger partial charge in [-0.1, -0.05) is 0 Å². The zero-order valence-corrected chi connectivity index (χ0v) is 5.56. The van der Waals surface area contributed by atoms with Crippen molar-refractivity contribution in [1.82, 2.24) is 0 Å². The van der Waals surface area contributed by atoms with Crippen molar-refractivity contribution in [3.63, 3.8) is 0 Å². The quantitative estimate of drug-likeness (QED) is 0.543. The van der Waals surface area contributed by atoms with Crippen LogP contribution in [0.5, 0.6) is 0 Å². The highest BCUT2D eigenvalue weighted by Gasteiger charge is 2.13. The molecule has 1 N–H and O–H groups in total. The second-order valence-corrected chi connectivity index (χ2v) is 2.62. The smallest absolute Gasteiger partial charge is 0.105 e. The molecule has 1 aromatic heterocycles. The van der Waals surface area contributed by atoms with Gasteiger partial charge in [0.25, 0.3) is 0 Å². The van der Waals surface area contributed by atoms with E-state index in [-0.39, 0.29) is 0 Å². The van der Waals surface area contributed by atoms with Crippen molar-refractivity contribution in [3.8, 4) is 0 Å². The summed E-state index contributed by atoms with van der Waals surface area (Å²) in [6.07, 6.45) is 0. The molecule has 0 aliphatic carbocycles. The molecule has 0 aliphatic rings. The molecule has 0 fully saturated rings. The van der Waals surface area contributed by atoms with Gasteiger partial charge in [-0.3, -0.25) is 0 Å². The molecule has 1 rings (SSSR count). The summed E-state index contributed by atoms with van der Waals surface area (Å²) in [6.45, 7) is 0. The van der Waals surface area contributed by atoms with E-state index in [2.05, 4.69) is 0 Å². The Kier molecular flexibility index (Phi) is 1.68. The van der Waals surface area contributed by atoms with Crippen molar-refractivity contribution < 1.29 is 5.11 Å². The molecule has 0 atom stereocenters. The maximum Gasteiger partial charge on any atom is 0.105 e. The minimum atomic E-state index is -1.67. The highest BCUT2D eigenvalue weighted by Crippen LogP contribution is 2.15. The molecule has 0 unspecified atom stereocenters. The molecule has 4 heteroatoms. The first-order valence-electron chi connectivity index (χ1n) is 2.43. The van der Waals surface area contributed by atoms with Crippen LogP contribution in [0.1, 0.15) is 5.56 Å². The monoisotopic (exact) mass is 134 g/mol. The Balaban J connectivity index is 2.90. The Morgan fingerprint density at radius 1 is 1.56 bits per heavy atom. The molecule has 9 heavy (non-hydrogen) atoms. The van der Waals surface area contributed by atoms with E-state index in [0.29, 0.717) is 5.56 Å². The predicted molar refractivity (Wildman–Crippen MR) is 39.7 cm³/mol. The first-order chi connectivity index (χ1) is 4.11. The van der Waals surface area contributed by atoms with Crippen molar-refractivity contribution in [2.24, 2.45) is 0 Å². The van der Waals surface area contributed by atoms with Gasteiger partial charge in [0.05, 0.1) is 0 Å². The van der Waals surface area contributed by atoms with E-state index in [4.69, 9.17) is 20.8 Å². The molecular weight excluding hydrogens is 130 g/mol. The van der Waals surface area contributed by atoms with Gasteiger partial charge >= 0.3 is 0 Å². The van der Waals surface area contributed by atoms with Gasteiger partial charge in [0, 0.05) is 5.40 Å². The Morgan fingerprint density at radius 2 is 2.22 bits per heavy atom. The normalized spacial score (nSPS) is 11.7. The Bertz CT molecular complexity index is 177. The van der Waals surface area contributed by atoms with Gasteiger partial charge in [-0.05, 0) is 22.4 Å². The lowest BCUT2D eigenvalue weighted by molar-refractivity contribution is 0.217. The third-order valence-corrected chi connectivity index (χ3v) is 1.67. The van der Waals surface area contributed by atoms with E-state index in [1.165, 1.54) is 11.3 Å². The number of thiophene rings is 1. The van der Waals surface area contributed by atoms with Gasteiger partial charge in [-0.15, -0.1) is 0 Å². The van der Waals surface area contributed by atoms with Crippen LogP contribution in [0.15, 0.2) is 16.8 Å². The Labute approximate surface area is 60.5 Å². The van der Waals surface area contributed by atoms with Crippen LogP contribution in [-0.4, -0.2) is 20.8 Å². The van der Waals surface area contributed by atoms with Crippen LogP contribution >= 0.6 is 11.3 Å². The molecule has 0 aromatic carbocycles. The predicted octanol–water partition coefficient (Wildman–Crippen LogP) is 0.188. The molecule has 0 amide bonds. The first-order valence-corrected chi connectivity index (χ1v) is 3.38. The van der Waals surface area contributed by atoms with Crippen molar-refractivity contribution in [2.45, 2.75) is 5.40 Å². The zero-order chi connectivity index (χ0) is 6.91. The maximum atomic E-state index is 8.94. The van der Waals surface area contributed by atoms with Crippen molar-refractivity contribution in [1.29, 1.82) is 0 Å². The minimum absolute atomic E-state index is 0.549. The average molecular weight is 134 g/mol. The fourth-order valence-electron chi connectivity index (χ4n) is 0.492. The van der Waals surface area contributed by atoms with E-state index in [9.17, 15) is 0 Å². The van der Waals surface area contributed by atoms with Crippen LogP contribution in [-0.2, 0) is 5.40 Å². The van der Waals surface area contributed by atoms with Crippen LogP contribution < -0.4 is 0 Å². The number of hydrogen-bond donors (Lipinski definition) is 1. The summed E-state index contributed by atoms with van der Waals surface area (Å²) in [7, 11) is 10.3. The van der Waals surface area contributed by atoms with Gasteiger partial charge in [-0.25, -0.2) is 0 Å². The summed E-state index contributed by atoms with van der Waals surface area (Å²) in [6, 6.07) is 1.69. The van der Waals surface area contributed by atoms with Gasteiger partial charge in [0.2, 0.25) is 0 Å². The van der Waals surface area contributed by atoms with Gasteiger partial charge in [0.15, 0.2) is 0 Å². The zero-order valence-electron chi connectivity index (χ0n) is 4.74. The number of rotatable bonds is 1. The van der Waals surface area contributed by atoms with E-state index >= 15 is 0 Å². The Morgan fingerprint density at radius 3 is 2.44 bits per heavy atom. The fourth-order valence-corrected chi connectivity index (χ4v) is 1.21. The van der Waals surface area contributed by atoms with Crippen LogP contribution in [0.3, 0.4) is 0 Å². The third kappa shape index (κ3) is 1.60. The first kappa shape index (κ1) is 6.90. The number of aliphatic hydroxyl groups is 1. The maximum absolute atomic E-state index is 8.94. The summed E-state index contributed by atoms with van der Waals surface area (Å²) in [5.41, 5.74) is 0.549. The Hall–Kier alpha value is -0.210. The minimum Gasteiger partial charge on any atom is -0.405 e. The highest BCUT2D eigenvalue weighted by molar-refractivity contribution is 7.08. The number of hydrogen-bond acceptors (Lipinski definition) is 2. The van der Waals surface area contributed by atoms with Crippen LogP contribution in [0.4, 0.5) is 0 Å². The second-order valence-electron chi connectivity index (χ2n) is 1.84. The molecule has 42 valence electrons. The standard InChI is InChI=1S/C5H4B2OS/c6-5(7,8)4-1-2-9-3-4/h1-3,8H. The van der Waals surface area contributed by atoms with Crippen LogP contribution in [0, 0.1) is 0 Å². The topological polar surface area (TPSA) is 20.2 Å². The lowest BCUT2D eigenvalue weighted by atomic mass is 9.62. The summed E-state index contributed by atoms with van der Waals surface area (Å²) in [5.74, 6) is 0. The molecule has 0 saturated heterocycles. The molecule has 4 radical (unpaired) electrons. The molecule has 0 saturated carbocycles. The van der Waals surface area contributed by atoms with Gasteiger partial charge in [-0.2, -0.15) is 11.3 Å². The summed E-state index contributed by atoms with van der Waals surface area (Å²) in [4.78, 5) is 0. The van der Waals surface area contributed by atoms with Gasteiger partial charge in [0.1, 0.15) is 15.7 Å². The van der Waals surface area contributed by atoms with E-state index in [1.54, 1.807) is 16.8 Å². The van der Waals surface area contributed by atoms with Crippen molar-refractivity contribution in [3.05, 3.63) is 22.4 Å². The molecular formula is C5H4B2OS. The molecule has 0 spiro atoms. The van der Waals surface area contributed by atoms with Crippen molar-refractivity contribution in [2.75, 3.05) is 0 Å². The summed E-state index contributed by atoms with van der Waals surface area (Å²) in [5, 5.41) is 10.8. The third-order valence-electron chi connectivity index (χ3n) is 0.984. The molecule has 0 bridgehead atoms. The highest BCUT2D eigenvalue weighted by atomic mass is 32.1. The van der Waals surface area contributed by atoms with Crippen LogP contribution in [0.2, 0.25) is 0 Å². The molecule has 1 heterocycles. The van der Waals surface area contributed by atoms with Crippen molar-refractivity contribution >= 4 is 27.0 Å². The fraction of sp³-hybridized carbons (Fsp3) is 0.200. The lowest BCUT2D eigenvalue weighted by Gasteiger charge is -2.15. The average Bonchev–Trinajstić information content (AvgIpc) is 2.08. The molecule has 1 nitrogen and oxygen atoms in total. The largest absolute Gasteiger partial charge is 0.405 e. The van der Waals surface area contributed by atoms with Gasteiger partial charge < -0.3 is 5.11 Å². The van der Waals surface area contributed by atoms with E-state index < -0.39 is 5.40 Å². The molecule has 1 aromatic rings. The molecule has 0 aliphatic heterocycles. The summed E-state index contributed by atoms with van der Waals surface area (Å²) >= 11 is 1.45. The lowest BCUT2D eigenvalue weighted by Crippen LogP contribution is -2.24. The SMILES string of the molecule is [B]C([B])(O)c1ccsc1. The van der Waals surface area contributed by atoms with Crippen LogP contribution in [0.25, 0.3) is 0 Å². The van der Waals surface area contributed by atoms with E-state index in [0.717, 1.165) is 0 Å². The van der Waals surface area contributed by atoms with E-state index in [1.807, 2.05) is 0 Å². The summed E-state index contributed by atoms with van der Waals surface area (Å²) < 4.78 is 0.